The molecule has 272 valence electrons. The molecule has 0 saturated carbocycles. The molecular formula is C42H47N3O7. The summed E-state index contributed by atoms with van der Waals surface area (Å²) in [6, 6.07) is 34.2. The first-order valence-corrected chi connectivity index (χ1v) is 18.2. The van der Waals surface area contributed by atoms with E-state index in [1.54, 1.807) is 6.07 Å². The van der Waals surface area contributed by atoms with Crippen LogP contribution < -0.4 is 10.6 Å². The number of anilines is 1. The number of urea groups is 1. The smallest absolute Gasteiger partial charge is 0.319 e. The van der Waals surface area contributed by atoms with Crippen LogP contribution in [0.1, 0.15) is 65.9 Å². The second-order valence-electron chi connectivity index (χ2n) is 13.9. The van der Waals surface area contributed by atoms with Crippen LogP contribution in [0.2, 0.25) is 0 Å². The van der Waals surface area contributed by atoms with Gasteiger partial charge in [-0.1, -0.05) is 97.1 Å². The first kappa shape index (κ1) is 36.0. The third kappa shape index (κ3) is 8.61. The molecule has 2 amide bonds. The number of carbonyl (C=O) groups is 2. The summed E-state index contributed by atoms with van der Waals surface area (Å²) in [4.78, 5) is 28.1. The predicted octanol–water partition coefficient (Wildman–Crippen LogP) is 6.28. The van der Waals surface area contributed by atoms with Crippen molar-refractivity contribution < 1.29 is 33.6 Å². The Morgan fingerprint density at radius 2 is 1.48 bits per heavy atom. The lowest BCUT2D eigenvalue weighted by atomic mass is 9.83. The van der Waals surface area contributed by atoms with E-state index in [-0.39, 0.29) is 30.5 Å². The van der Waals surface area contributed by atoms with E-state index in [1.807, 2.05) is 91.0 Å². The quantitative estimate of drug-likeness (QED) is 0.167. The van der Waals surface area contributed by atoms with Gasteiger partial charge in [0.25, 0.3) is 0 Å². The van der Waals surface area contributed by atoms with Gasteiger partial charge in [-0.2, -0.15) is 0 Å². The molecule has 0 aliphatic carbocycles. The fourth-order valence-corrected chi connectivity index (χ4v) is 7.52. The van der Waals surface area contributed by atoms with E-state index in [0.29, 0.717) is 31.9 Å². The summed E-state index contributed by atoms with van der Waals surface area (Å²) in [6.45, 7) is 5.03. The lowest BCUT2D eigenvalue weighted by Gasteiger charge is -2.46. The molecule has 1 spiro atoms. The molecule has 4 aromatic rings. The lowest BCUT2D eigenvalue weighted by molar-refractivity contribution is -0.265. The zero-order valence-electron chi connectivity index (χ0n) is 29.5. The highest BCUT2D eigenvalue weighted by atomic mass is 16.7. The Labute approximate surface area is 305 Å². The zero-order chi connectivity index (χ0) is 35.9. The maximum Gasteiger partial charge on any atom is 0.319 e. The zero-order valence-corrected chi connectivity index (χ0v) is 29.5. The van der Waals surface area contributed by atoms with Crippen LogP contribution in [0.4, 0.5) is 10.5 Å². The Kier molecular flexibility index (Phi) is 11.4. The number of likely N-dealkylation sites (tertiary alicyclic amines) is 1. The average molecular weight is 706 g/mol. The van der Waals surface area contributed by atoms with Crippen molar-refractivity contribution in [1.29, 1.82) is 0 Å². The van der Waals surface area contributed by atoms with Crippen molar-refractivity contribution >= 4 is 17.5 Å². The number of hydrogen-bond donors (Lipinski definition) is 3. The number of ether oxygens (including phenoxy) is 4. The monoisotopic (exact) mass is 705 g/mol. The molecule has 3 fully saturated rings. The Balaban J connectivity index is 1.14. The van der Waals surface area contributed by atoms with E-state index in [9.17, 15) is 14.7 Å². The number of Topliss-reactive ketones (excluding diaryl/α,β-unsaturated/α-hetero) is 1. The summed E-state index contributed by atoms with van der Waals surface area (Å²) in [7, 11) is 0. The molecule has 7 rings (SSSR count). The second kappa shape index (κ2) is 16.5. The number of nitrogens with one attached hydrogen (secondary N) is 2. The molecule has 4 aromatic carbocycles. The van der Waals surface area contributed by atoms with Gasteiger partial charge >= 0.3 is 6.03 Å². The van der Waals surface area contributed by atoms with Gasteiger partial charge in [-0.15, -0.1) is 0 Å². The van der Waals surface area contributed by atoms with Gasteiger partial charge in [0.1, 0.15) is 0 Å². The van der Waals surface area contributed by atoms with Gasteiger partial charge in [0.15, 0.2) is 17.9 Å². The van der Waals surface area contributed by atoms with Crippen LogP contribution in [0.25, 0.3) is 0 Å². The molecule has 5 atom stereocenters. The molecule has 52 heavy (non-hydrogen) atoms. The van der Waals surface area contributed by atoms with Gasteiger partial charge in [-0.05, 0) is 47.7 Å². The Bertz CT molecular complexity index is 1770. The summed E-state index contributed by atoms with van der Waals surface area (Å²) in [5.74, 6) is -0.731. The molecule has 0 aromatic heterocycles. The van der Waals surface area contributed by atoms with Crippen molar-refractivity contribution in [3.05, 3.63) is 137 Å². The van der Waals surface area contributed by atoms with Crippen LogP contribution in [0.5, 0.6) is 0 Å². The topological polar surface area (TPSA) is 119 Å². The molecule has 3 saturated heterocycles. The van der Waals surface area contributed by atoms with Gasteiger partial charge < -0.3 is 39.6 Å². The minimum Gasteiger partial charge on any atom is -0.392 e. The first-order valence-electron chi connectivity index (χ1n) is 18.2. The van der Waals surface area contributed by atoms with E-state index in [0.717, 1.165) is 53.7 Å². The largest absolute Gasteiger partial charge is 0.392 e. The van der Waals surface area contributed by atoms with Crippen molar-refractivity contribution in [2.45, 2.75) is 69.0 Å². The van der Waals surface area contributed by atoms with E-state index in [2.05, 4.69) is 27.7 Å². The number of piperidine rings is 1. The highest BCUT2D eigenvalue weighted by molar-refractivity contribution is 5.93. The molecule has 3 heterocycles. The highest BCUT2D eigenvalue weighted by Crippen LogP contribution is 2.47. The molecule has 10 nitrogen and oxygen atoms in total. The SMILES string of the molecule is CC(=O)[C@@H](Cc1ccccc1)NC(=O)Nc1cccc(C2O[C@H](CN3CCC4(CC3)OCCO4)[C@@H](c3ccccc3)[C@H](c3ccc(CO)cc3)O2)c1. The number of rotatable bonds is 11. The van der Waals surface area contributed by atoms with Crippen LogP contribution in [-0.4, -0.2) is 72.6 Å². The molecular weight excluding hydrogens is 658 g/mol. The summed E-state index contributed by atoms with van der Waals surface area (Å²) < 4.78 is 25.9. The minimum absolute atomic E-state index is 0.0427. The van der Waals surface area contributed by atoms with E-state index in [4.69, 9.17) is 18.9 Å². The van der Waals surface area contributed by atoms with Crippen molar-refractivity contribution in [3.63, 3.8) is 0 Å². The fraction of sp³-hybridized carbons (Fsp3) is 0.381. The maximum absolute atomic E-state index is 13.2. The van der Waals surface area contributed by atoms with Crippen molar-refractivity contribution in [3.8, 4) is 0 Å². The summed E-state index contributed by atoms with van der Waals surface area (Å²) in [5, 5.41) is 15.5. The third-order valence-corrected chi connectivity index (χ3v) is 10.3. The Morgan fingerprint density at radius 1 is 0.808 bits per heavy atom. The van der Waals surface area contributed by atoms with Crippen LogP contribution in [-0.2, 0) is 36.8 Å². The first-order chi connectivity index (χ1) is 25.4. The van der Waals surface area contributed by atoms with E-state index in [1.165, 1.54) is 6.92 Å². The van der Waals surface area contributed by atoms with E-state index < -0.39 is 24.2 Å². The number of benzene rings is 4. The van der Waals surface area contributed by atoms with Gasteiger partial charge in [0, 0.05) is 49.6 Å². The predicted molar refractivity (Wildman–Crippen MR) is 197 cm³/mol. The van der Waals surface area contributed by atoms with Gasteiger partial charge in [-0.3, -0.25) is 4.79 Å². The summed E-state index contributed by atoms with van der Waals surface area (Å²) in [5.41, 5.74) is 5.19. The highest BCUT2D eigenvalue weighted by Gasteiger charge is 2.45. The number of hydrogen-bond acceptors (Lipinski definition) is 8. The van der Waals surface area contributed by atoms with Crippen LogP contribution in [0, 0.1) is 0 Å². The molecule has 1 unspecified atom stereocenters. The number of carbonyl (C=O) groups excluding carboxylic acids is 2. The minimum atomic E-state index is -0.738. The average Bonchev–Trinajstić information content (AvgIpc) is 3.64. The molecule has 10 heteroatoms. The maximum atomic E-state index is 13.2. The number of aliphatic hydroxyl groups is 1. The molecule has 3 aliphatic heterocycles. The lowest BCUT2D eigenvalue weighted by Crippen LogP contribution is -2.50. The molecule has 3 N–H and O–H groups in total. The number of amides is 2. The van der Waals surface area contributed by atoms with Gasteiger partial charge in [-0.25, -0.2) is 4.79 Å². The normalized spacial score (nSPS) is 23.6. The Hall–Kier alpha value is -4.42. The van der Waals surface area contributed by atoms with Gasteiger partial charge in [0.2, 0.25) is 0 Å². The van der Waals surface area contributed by atoms with Crippen molar-refractivity contribution in [2.75, 3.05) is 38.2 Å². The second-order valence-corrected chi connectivity index (χ2v) is 13.9. The summed E-state index contributed by atoms with van der Waals surface area (Å²) >= 11 is 0. The third-order valence-electron chi connectivity index (χ3n) is 10.3. The van der Waals surface area contributed by atoms with Crippen LogP contribution in [0.3, 0.4) is 0 Å². The number of ketones is 1. The molecule has 3 aliphatic rings. The van der Waals surface area contributed by atoms with Gasteiger partial charge in [0.05, 0.1) is 38.1 Å². The van der Waals surface area contributed by atoms with Crippen molar-refractivity contribution in [2.24, 2.45) is 0 Å². The molecule has 0 radical (unpaired) electrons. The standard InChI is InChI=1S/C42H47N3O7/c1-29(47)36(25-30-9-4-2-5-10-30)44-41(48)43-35-14-8-13-34(26-35)40-51-37(27-45-21-19-42(20-22-45)49-23-24-50-42)38(32-11-6-3-7-12-32)39(52-40)33-17-15-31(28-46)16-18-33/h2-18,26,36-40,46H,19-25,27-28H2,1H3,(H2,43,44,48)/t36-,37-,38-,39+,40?/m1/s1. The van der Waals surface area contributed by atoms with Crippen LogP contribution >= 0.6 is 0 Å². The number of aliphatic hydroxyl groups excluding tert-OH is 1. The van der Waals surface area contributed by atoms with Crippen LogP contribution in [0.15, 0.2) is 109 Å². The Morgan fingerprint density at radius 3 is 2.15 bits per heavy atom. The fourth-order valence-electron chi connectivity index (χ4n) is 7.52. The summed E-state index contributed by atoms with van der Waals surface area (Å²) in [6.07, 6.45) is 0.637. The number of nitrogens with zero attached hydrogens (tertiary/aromatic N) is 1. The van der Waals surface area contributed by atoms with Crippen molar-refractivity contribution in [1.82, 2.24) is 10.2 Å². The van der Waals surface area contributed by atoms with E-state index >= 15 is 0 Å². The molecule has 0 bridgehead atoms.